The minimum absolute atomic E-state index is 0.0551. The molecule has 3 nitrogen and oxygen atoms in total. The minimum atomic E-state index is -1.51. The first-order chi connectivity index (χ1) is 9.79. The number of nitrogens with zero attached hydrogens (tertiary/aromatic N) is 2. The number of hydrogen-bond acceptors (Lipinski definition) is 3. The summed E-state index contributed by atoms with van der Waals surface area (Å²) < 4.78 is 40.3. The summed E-state index contributed by atoms with van der Waals surface area (Å²) in [5.41, 5.74) is 6.58. The van der Waals surface area contributed by atoms with Crippen LogP contribution in [0.15, 0.2) is 12.1 Å². The second-order valence-corrected chi connectivity index (χ2v) is 6.12. The van der Waals surface area contributed by atoms with Crippen molar-refractivity contribution in [3.63, 3.8) is 0 Å². The highest BCUT2D eigenvalue weighted by Crippen LogP contribution is 2.26. The molecule has 0 bridgehead atoms. The highest BCUT2D eigenvalue weighted by atomic mass is 127. The van der Waals surface area contributed by atoms with Crippen molar-refractivity contribution in [3.05, 3.63) is 38.8 Å². The van der Waals surface area contributed by atoms with E-state index in [2.05, 4.69) is 9.97 Å². The van der Waals surface area contributed by atoms with Gasteiger partial charge in [0.2, 0.25) is 0 Å². The SMILES string of the molecule is CC(C)Cc1nc(-c2cc(F)c(F)c(F)c2)nc(N)c1I. The van der Waals surface area contributed by atoms with Gasteiger partial charge in [0.15, 0.2) is 23.3 Å². The van der Waals surface area contributed by atoms with Gasteiger partial charge >= 0.3 is 0 Å². The molecule has 0 spiro atoms. The molecule has 0 aliphatic heterocycles. The van der Waals surface area contributed by atoms with Crippen molar-refractivity contribution in [1.82, 2.24) is 9.97 Å². The normalized spacial score (nSPS) is 11.2. The van der Waals surface area contributed by atoms with Crippen molar-refractivity contribution in [3.8, 4) is 11.4 Å². The number of halogens is 4. The Morgan fingerprint density at radius 1 is 1.14 bits per heavy atom. The predicted molar refractivity (Wildman–Crippen MR) is 83.0 cm³/mol. The van der Waals surface area contributed by atoms with Gasteiger partial charge in [-0.05, 0) is 47.1 Å². The van der Waals surface area contributed by atoms with Crippen molar-refractivity contribution < 1.29 is 13.2 Å². The molecule has 0 saturated heterocycles. The summed E-state index contributed by atoms with van der Waals surface area (Å²) in [6.45, 7) is 4.04. The first kappa shape index (κ1) is 16.0. The van der Waals surface area contributed by atoms with E-state index in [1.165, 1.54) is 0 Å². The molecule has 1 heterocycles. The molecule has 7 heteroatoms. The molecule has 2 N–H and O–H groups in total. The van der Waals surface area contributed by atoms with Crippen LogP contribution in [0.4, 0.5) is 19.0 Å². The molecular formula is C14H13F3IN3. The molecule has 0 atom stereocenters. The number of nitrogen functional groups attached to an aromatic ring is 1. The van der Waals surface area contributed by atoms with Crippen LogP contribution < -0.4 is 5.73 Å². The number of benzene rings is 1. The van der Waals surface area contributed by atoms with Crippen LogP contribution in [0, 0.1) is 26.9 Å². The van der Waals surface area contributed by atoms with E-state index >= 15 is 0 Å². The zero-order valence-corrected chi connectivity index (χ0v) is 13.6. The Hall–Kier alpha value is -1.38. The van der Waals surface area contributed by atoms with Gasteiger partial charge in [-0.25, -0.2) is 23.1 Å². The van der Waals surface area contributed by atoms with Crippen LogP contribution >= 0.6 is 22.6 Å². The zero-order valence-electron chi connectivity index (χ0n) is 11.4. The van der Waals surface area contributed by atoms with E-state index in [-0.39, 0.29) is 17.2 Å². The van der Waals surface area contributed by atoms with Crippen LogP contribution in [0.1, 0.15) is 19.5 Å². The first-order valence-corrected chi connectivity index (χ1v) is 7.34. The van der Waals surface area contributed by atoms with Gasteiger partial charge in [-0.2, -0.15) is 0 Å². The van der Waals surface area contributed by atoms with E-state index < -0.39 is 17.5 Å². The van der Waals surface area contributed by atoms with Crippen molar-refractivity contribution >= 4 is 28.4 Å². The van der Waals surface area contributed by atoms with Crippen LogP contribution in [0.2, 0.25) is 0 Å². The molecule has 0 aliphatic rings. The lowest BCUT2D eigenvalue weighted by Crippen LogP contribution is -2.08. The smallest absolute Gasteiger partial charge is 0.194 e. The molecule has 0 amide bonds. The summed E-state index contributed by atoms with van der Waals surface area (Å²) in [4.78, 5) is 8.33. The molecule has 0 unspecified atom stereocenters. The second-order valence-electron chi connectivity index (χ2n) is 5.04. The van der Waals surface area contributed by atoms with Crippen molar-refractivity contribution in [2.45, 2.75) is 20.3 Å². The molecule has 0 aliphatic carbocycles. The molecule has 2 rings (SSSR count). The minimum Gasteiger partial charge on any atom is -0.383 e. The Labute approximate surface area is 133 Å². The quantitative estimate of drug-likeness (QED) is 0.620. The summed E-state index contributed by atoms with van der Waals surface area (Å²) in [6.07, 6.45) is 0.657. The fourth-order valence-electron chi connectivity index (χ4n) is 1.85. The van der Waals surface area contributed by atoms with E-state index in [4.69, 9.17) is 5.73 Å². The van der Waals surface area contributed by atoms with Crippen molar-refractivity contribution in [1.29, 1.82) is 0 Å². The molecule has 112 valence electrons. The number of nitrogens with two attached hydrogens (primary N) is 1. The van der Waals surface area contributed by atoms with Gasteiger partial charge in [-0.3, -0.25) is 0 Å². The molecular weight excluding hydrogens is 394 g/mol. The van der Waals surface area contributed by atoms with Crippen LogP contribution in [-0.4, -0.2) is 9.97 Å². The van der Waals surface area contributed by atoms with Crippen LogP contribution in [0.5, 0.6) is 0 Å². The van der Waals surface area contributed by atoms with Crippen LogP contribution in [0.25, 0.3) is 11.4 Å². The van der Waals surface area contributed by atoms with E-state index in [1.54, 1.807) is 0 Å². The third-order valence-corrected chi connectivity index (χ3v) is 3.96. The van der Waals surface area contributed by atoms with E-state index in [0.29, 0.717) is 21.6 Å². The van der Waals surface area contributed by atoms with Gasteiger partial charge in [0, 0.05) is 5.56 Å². The lowest BCUT2D eigenvalue weighted by atomic mass is 10.1. The Morgan fingerprint density at radius 2 is 1.71 bits per heavy atom. The van der Waals surface area contributed by atoms with E-state index in [0.717, 1.165) is 12.1 Å². The first-order valence-electron chi connectivity index (χ1n) is 6.26. The fraction of sp³-hybridized carbons (Fsp3) is 0.286. The monoisotopic (exact) mass is 407 g/mol. The Balaban J connectivity index is 2.57. The largest absolute Gasteiger partial charge is 0.383 e. The number of rotatable bonds is 3. The summed E-state index contributed by atoms with van der Waals surface area (Å²) >= 11 is 2.03. The van der Waals surface area contributed by atoms with Crippen LogP contribution in [-0.2, 0) is 6.42 Å². The lowest BCUT2D eigenvalue weighted by molar-refractivity contribution is 0.447. The molecule has 1 aromatic carbocycles. The average molecular weight is 407 g/mol. The number of hydrogen-bond donors (Lipinski definition) is 1. The molecule has 0 fully saturated rings. The molecule has 1 aromatic heterocycles. The maximum absolute atomic E-state index is 13.3. The third-order valence-electron chi connectivity index (χ3n) is 2.79. The van der Waals surface area contributed by atoms with E-state index in [9.17, 15) is 13.2 Å². The molecule has 0 saturated carbocycles. The Kier molecular flexibility index (Phi) is 4.70. The summed E-state index contributed by atoms with van der Waals surface area (Å²) in [5.74, 6) is -3.42. The third kappa shape index (κ3) is 3.45. The van der Waals surface area contributed by atoms with Gasteiger partial charge in [0.1, 0.15) is 5.82 Å². The maximum Gasteiger partial charge on any atom is 0.194 e. The van der Waals surface area contributed by atoms with Gasteiger partial charge in [0.25, 0.3) is 0 Å². The average Bonchev–Trinajstić information content (AvgIpc) is 2.39. The lowest BCUT2D eigenvalue weighted by Gasteiger charge is -2.11. The second kappa shape index (κ2) is 6.17. The summed E-state index contributed by atoms with van der Waals surface area (Å²) in [7, 11) is 0. The van der Waals surface area contributed by atoms with Gasteiger partial charge in [0.05, 0.1) is 9.26 Å². The summed E-state index contributed by atoms with van der Waals surface area (Å²) in [6, 6.07) is 1.72. The van der Waals surface area contributed by atoms with Gasteiger partial charge in [-0.15, -0.1) is 0 Å². The molecule has 0 radical (unpaired) electrons. The van der Waals surface area contributed by atoms with Gasteiger partial charge < -0.3 is 5.73 Å². The summed E-state index contributed by atoms with van der Waals surface area (Å²) in [5, 5.41) is 0. The van der Waals surface area contributed by atoms with E-state index in [1.807, 2.05) is 36.4 Å². The molecule has 21 heavy (non-hydrogen) atoms. The van der Waals surface area contributed by atoms with Crippen molar-refractivity contribution in [2.24, 2.45) is 5.92 Å². The zero-order chi connectivity index (χ0) is 15.7. The van der Waals surface area contributed by atoms with Crippen LogP contribution in [0.3, 0.4) is 0 Å². The fourth-order valence-corrected chi connectivity index (χ4v) is 2.31. The maximum atomic E-state index is 13.3. The Morgan fingerprint density at radius 3 is 2.24 bits per heavy atom. The molecule has 2 aromatic rings. The Bertz CT molecular complexity index is 666. The highest BCUT2D eigenvalue weighted by Gasteiger charge is 2.16. The highest BCUT2D eigenvalue weighted by molar-refractivity contribution is 14.1. The number of aromatic nitrogens is 2. The van der Waals surface area contributed by atoms with Gasteiger partial charge in [-0.1, -0.05) is 13.8 Å². The van der Waals surface area contributed by atoms with Crippen molar-refractivity contribution in [2.75, 3.05) is 5.73 Å². The standard InChI is InChI=1S/C14H13F3IN3/c1-6(2)3-10-12(18)13(19)21-14(20-10)7-4-8(15)11(17)9(16)5-7/h4-6H,3H2,1-2H3,(H2,19,20,21). The predicted octanol–water partition coefficient (Wildman–Crippen LogP) is 3.95. The number of anilines is 1. The topological polar surface area (TPSA) is 51.8 Å².